The zero-order valence-electron chi connectivity index (χ0n) is 14.7. The molecule has 1 heterocycles. The van der Waals surface area contributed by atoms with Crippen LogP contribution in [0.3, 0.4) is 0 Å². The van der Waals surface area contributed by atoms with Crippen molar-refractivity contribution in [2.75, 3.05) is 33.8 Å². The van der Waals surface area contributed by atoms with Gasteiger partial charge in [-0.25, -0.2) is 9.97 Å². The number of nitrogens with zero attached hydrogens (tertiary/aromatic N) is 2. The minimum absolute atomic E-state index is 0.0558. The summed E-state index contributed by atoms with van der Waals surface area (Å²) in [6.07, 6.45) is 2.89. The maximum Gasteiger partial charge on any atom is 0.308 e. The molecule has 2 aromatic rings. The molecule has 0 atom stereocenters. The highest BCUT2D eigenvalue weighted by molar-refractivity contribution is 5.96. The van der Waals surface area contributed by atoms with Crippen molar-refractivity contribution in [3.05, 3.63) is 12.4 Å². The van der Waals surface area contributed by atoms with Crippen molar-refractivity contribution >= 4 is 22.7 Å². The summed E-state index contributed by atoms with van der Waals surface area (Å²) in [4.78, 5) is 20.2. The van der Waals surface area contributed by atoms with Crippen molar-refractivity contribution in [1.82, 2.24) is 9.97 Å². The van der Waals surface area contributed by atoms with Gasteiger partial charge in [-0.1, -0.05) is 0 Å². The van der Waals surface area contributed by atoms with Crippen molar-refractivity contribution in [2.45, 2.75) is 18.9 Å². The Morgan fingerprint density at radius 2 is 1.80 bits per heavy atom. The molecular weight excluding hydrogens is 326 g/mol. The Kier molecular flexibility index (Phi) is 4.78. The standard InChI is InChI=1S/C17H21N3O5/c1-22-12-7-11-13(15(24-3)14(12)23-2)18-8-19-16(11)20-10-5-9(6-10)17(21)25-4/h7-10H,5-6H2,1-4H3,(H,18,19,20). The number of ether oxygens (including phenoxy) is 4. The Labute approximate surface area is 145 Å². The average Bonchev–Trinajstić information content (AvgIpc) is 2.61. The molecule has 1 aromatic heterocycles. The predicted molar refractivity (Wildman–Crippen MR) is 91.3 cm³/mol. The van der Waals surface area contributed by atoms with Crippen LogP contribution in [0.1, 0.15) is 12.8 Å². The molecule has 8 heteroatoms. The molecule has 1 N–H and O–H groups in total. The smallest absolute Gasteiger partial charge is 0.308 e. The number of benzene rings is 1. The molecule has 1 aromatic carbocycles. The molecule has 1 aliphatic carbocycles. The SMILES string of the molecule is COC(=O)C1CC(Nc2ncnc3c(OC)c(OC)c(OC)cc23)C1. The summed E-state index contributed by atoms with van der Waals surface area (Å²) in [5.74, 6) is 1.95. The second-order valence-corrected chi connectivity index (χ2v) is 5.80. The number of hydrogen-bond acceptors (Lipinski definition) is 8. The van der Waals surface area contributed by atoms with E-state index in [2.05, 4.69) is 15.3 Å². The molecule has 0 radical (unpaired) electrons. The van der Waals surface area contributed by atoms with Gasteiger partial charge in [0.1, 0.15) is 17.7 Å². The maximum atomic E-state index is 11.5. The van der Waals surface area contributed by atoms with Crippen LogP contribution in [0.4, 0.5) is 5.82 Å². The topological polar surface area (TPSA) is 91.8 Å². The third kappa shape index (κ3) is 2.99. The van der Waals surface area contributed by atoms with Gasteiger partial charge < -0.3 is 24.3 Å². The fraction of sp³-hybridized carbons (Fsp3) is 0.471. The maximum absolute atomic E-state index is 11.5. The summed E-state index contributed by atoms with van der Waals surface area (Å²) in [5.41, 5.74) is 0.626. The molecule has 0 unspecified atom stereocenters. The zero-order valence-corrected chi connectivity index (χ0v) is 14.7. The Morgan fingerprint density at radius 3 is 2.40 bits per heavy atom. The van der Waals surface area contributed by atoms with Gasteiger partial charge in [0.25, 0.3) is 0 Å². The van der Waals surface area contributed by atoms with Gasteiger partial charge in [0.05, 0.1) is 39.7 Å². The van der Waals surface area contributed by atoms with E-state index in [-0.39, 0.29) is 17.9 Å². The summed E-state index contributed by atoms with van der Waals surface area (Å²) >= 11 is 0. The van der Waals surface area contributed by atoms with E-state index in [0.717, 1.165) is 5.39 Å². The van der Waals surface area contributed by atoms with E-state index >= 15 is 0 Å². The number of hydrogen-bond donors (Lipinski definition) is 1. The quantitative estimate of drug-likeness (QED) is 0.794. The summed E-state index contributed by atoms with van der Waals surface area (Å²) in [6.45, 7) is 0. The Balaban J connectivity index is 1.93. The molecule has 1 aliphatic rings. The fourth-order valence-corrected chi connectivity index (χ4v) is 3.07. The van der Waals surface area contributed by atoms with Gasteiger partial charge in [-0.15, -0.1) is 0 Å². The highest BCUT2D eigenvalue weighted by atomic mass is 16.5. The number of anilines is 1. The summed E-state index contributed by atoms with van der Waals surface area (Å²) in [7, 11) is 6.08. The lowest BCUT2D eigenvalue weighted by Gasteiger charge is -2.34. The van der Waals surface area contributed by atoms with E-state index in [4.69, 9.17) is 18.9 Å². The molecule has 0 saturated heterocycles. The molecule has 1 saturated carbocycles. The van der Waals surface area contributed by atoms with Crippen LogP contribution in [0.15, 0.2) is 12.4 Å². The second-order valence-electron chi connectivity index (χ2n) is 5.80. The van der Waals surface area contributed by atoms with Gasteiger partial charge in [0, 0.05) is 6.04 Å². The van der Waals surface area contributed by atoms with Crippen molar-refractivity contribution in [1.29, 1.82) is 0 Å². The van der Waals surface area contributed by atoms with Crippen LogP contribution in [-0.2, 0) is 9.53 Å². The molecule has 0 aliphatic heterocycles. The lowest BCUT2D eigenvalue weighted by molar-refractivity contribution is -0.148. The minimum atomic E-state index is -0.168. The van der Waals surface area contributed by atoms with Crippen LogP contribution in [-0.4, -0.2) is 50.4 Å². The van der Waals surface area contributed by atoms with Crippen LogP contribution in [0.25, 0.3) is 10.9 Å². The average molecular weight is 347 g/mol. The summed E-state index contributed by atoms with van der Waals surface area (Å²) in [6, 6.07) is 1.97. The van der Waals surface area contributed by atoms with Crippen LogP contribution in [0, 0.1) is 5.92 Å². The summed E-state index contributed by atoms with van der Waals surface area (Å²) in [5, 5.41) is 4.12. The minimum Gasteiger partial charge on any atom is -0.493 e. The highest BCUT2D eigenvalue weighted by Gasteiger charge is 2.35. The Hall–Kier alpha value is -2.77. The van der Waals surface area contributed by atoms with E-state index in [1.165, 1.54) is 13.4 Å². The first-order valence-corrected chi connectivity index (χ1v) is 7.90. The number of methoxy groups -OCH3 is 4. The third-order valence-corrected chi connectivity index (χ3v) is 4.45. The van der Waals surface area contributed by atoms with Gasteiger partial charge in [0.15, 0.2) is 11.5 Å². The van der Waals surface area contributed by atoms with Crippen molar-refractivity contribution < 1.29 is 23.7 Å². The molecule has 25 heavy (non-hydrogen) atoms. The normalized spacial score (nSPS) is 19.0. The Morgan fingerprint density at radius 1 is 1.08 bits per heavy atom. The first-order chi connectivity index (χ1) is 12.1. The molecular formula is C17H21N3O5. The lowest BCUT2D eigenvalue weighted by atomic mass is 9.80. The monoisotopic (exact) mass is 347 g/mol. The molecule has 0 amide bonds. The first kappa shape index (κ1) is 17.1. The van der Waals surface area contributed by atoms with E-state index in [1.807, 2.05) is 6.07 Å². The van der Waals surface area contributed by atoms with Gasteiger partial charge >= 0.3 is 5.97 Å². The second kappa shape index (κ2) is 7.00. The molecule has 134 valence electrons. The van der Waals surface area contributed by atoms with Gasteiger partial charge in [0.2, 0.25) is 5.75 Å². The van der Waals surface area contributed by atoms with Gasteiger partial charge in [-0.05, 0) is 18.9 Å². The van der Waals surface area contributed by atoms with Gasteiger partial charge in [-0.3, -0.25) is 4.79 Å². The number of carbonyl (C=O) groups excluding carboxylic acids is 1. The molecule has 0 spiro atoms. The Bertz CT molecular complexity index is 789. The molecule has 0 bridgehead atoms. The van der Waals surface area contributed by atoms with Crippen LogP contribution in [0.5, 0.6) is 17.2 Å². The lowest BCUT2D eigenvalue weighted by Crippen LogP contribution is -2.40. The molecule has 8 nitrogen and oxygen atoms in total. The fourth-order valence-electron chi connectivity index (χ4n) is 3.07. The predicted octanol–water partition coefficient (Wildman–Crippen LogP) is 2.02. The van der Waals surface area contributed by atoms with Crippen LogP contribution >= 0.6 is 0 Å². The molecule has 1 fully saturated rings. The zero-order chi connectivity index (χ0) is 18.0. The third-order valence-electron chi connectivity index (χ3n) is 4.45. The number of esters is 1. The number of nitrogens with one attached hydrogen (secondary N) is 1. The number of aromatic nitrogens is 2. The van der Waals surface area contributed by atoms with E-state index in [1.54, 1.807) is 21.3 Å². The van der Waals surface area contributed by atoms with Crippen LogP contribution < -0.4 is 19.5 Å². The number of rotatable bonds is 6. The number of fused-ring (bicyclic) bond motifs is 1. The molecule has 3 rings (SSSR count). The first-order valence-electron chi connectivity index (χ1n) is 7.90. The van der Waals surface area contributed by atoms with Crippen molar-refractivity contribution in [3.63, 3.8) is 0 Å². The van der Waals surface area contributed by atoms with Crippen molar-refractivity contribution in [3.8, 4) is 17.2 Å². The van der Waals surface area contributed by atoms with Crippen LogP contribution in [0.2, 0.25) is 0 Å². The van der Waals surface area contributed by atoms with E-state index in [9.17, 15) is 4.79 Å². The highest BCUT2D eigenvalue weighted by Crippen LogP contribution is 2.44. The van der Waals surface area contributed by atoms with Gasteiger partial charge in [-0.2, -0.15) is 0 Å². The summed E-state index contributed by atoms with van der Waals surface area (Å²) < 4.78 is 21.0. The van der Waals surface area contributed by atoms with E-state index < -0.39 is 0 Å². The van der Waals surface area contributed by atoms with Crippen molar-refractivity contribution in [2.24, 2.45) is 5.92 Å². The largest absolute Gasteiger partial charge is 0.493 e. The van der Waals surface area contributed by atoms with E-state index in [0.29, 0.717) is 41.4 Å². The number of carbonyl (C=O) groups is 1.